The molecule has 0 fully saturated rings. The molecule has 0 bridgehead atoms. The monoisotopic (exact) mass is 422 g/mol. The van der Waals surface area contributed by atoms with E-state index >= 15 is 0 Å². The minimum atomic E-state index is -0.315. The molecule has 0 spiro atoms. The van der Waals surface area contributed by atoms with E-state index in [9.17, 15) is 9.59 Å². The molecule has 0 saturated heterocycles. The summed E-state index contributed by atoms with van der Waals surface area (Å²) in [6.45, 7) is 8.78. The number of aliphatic hydroxyl groups is 1. The molecule has 0 radical (unpaired) electrons. The first kappa shape index (κ1) is 26.0. The molecule has 1 aromatic carbocycles. The second-order valence-electron chi connectivity index (χ2n) is 7.90. The number of aryl methyl sites for hydroxylation is 3. The highest BCUT2D eigenvalue weighted by Crippen LogP contribution is 2.24. The van der Waals surface area contributed by atoms with Gasteiger partial charge in [0, 0.05) is 19.4 Å². The van der Waals surface area contributed by atoms with E-state index in [0.29, 0.717) is 32.5 Å². The van der Waals surface area contributed by atoms with Gasteiger partial charge in [-0.2, -0.15) is 0 Å². The first-order chi connectivity index (χ1) is 14.3. The van der Waals surface area contributed by atoms with E-state index in [2.05, 4.69) is 19.1 Å². The summed E-state index contributed by atoms with van der Waals surface area (Å²) < 4.78 is 16.4. The fourth-order valence-electron chi connectivity index (χ4n) is 3.28. The van der Waals surface area contributed by atoms with E-state index in [1.807, 2.05) is 20.8 Å². The largest absolute Gasteiger partial charge is 0.489 e. The zero-order valence-electron chi connectivity index (χ0n) is 19.0. The third-order valence-electron chi connectivity index (χ3n) is 4.73. The Kier molecular flexibility index (Phi) is 12.8. The Morgan fingerprint density at radius 1 is 0.900 bits per heavy atom. The Balaban J connectivity index is 2.11. The SMILES string of the molecule is Cc1cc(C)c(OCC(C)OC(=O)CCCCCOC(=O)CCCCCO)c(C)c1. The van der Waals surface area contributed by atoms with Crippen LogP contribution < -0.4 is 4.74 Å². The Labute approximate surface area is 180 Å². The van der Waals surface area contributed by atoms with E-state index in [-0.39, 0.29) is 24.6 Å². The molecule has 170 valence electrons. The first-order valence-electron chi connectivity index (χ1n) is 11.0. The molecule has 0 aromatic heterocycles. The Morgan fingerprint density at radius 2 is 1.50 bits per heavy atom. The van der Waals surface area contributed by atoms with Gasteiger partial charge in [0.05, 0.1) is 6.61 Å². The maximum absolute atomic E-state index is 12.0. The van der Waals surface area contributed by atoms with Crippen molar-refractivity contribution in [2.24, 2.45) is 0 Å². The molecule has 1 atom stereocenters. The van der Waals surface area contributed by atoms with Gasteiger partial charge in [-0.25, -0.2) is 0 Å². The van der Waals surface area contributed by atoms with Crippen LogP contribution in [0.15, 0.2) is 12.1 Å². The summed E-state index contributed by atoms with van der Waals surface area (Å²) in [4.78, 5) is 23.5. The standard InChI is InChI=1S/C24H38O6/c1-18-15-19(2)24(20(3)16-18)29-17-21(4)30-23(27)12-8-6-10-14-28-22(26)11-7-5-9-13-25/h15-16,21,25H,5-14,17H2,1-4H3. The van der Waals surface area contributed by atoms with Crippen LogP contribution in [0, 0.1) is 20.8 Å². The van der Waals surface area contributed by atoms with Crippen LogP contribution in [0.5, 0.6) is 5.75 Å². The summed E-state index contributed by atoms with van der Waals surface area (Å²) >= 11 is 0. The number of hydrogen-bond acceptors (Lipinski definition) is 6. The zero-order chi connectivity index (χ0) is 22.4. The Bertz CT molecular complexity index is 632. The molecule has 1 N–H and O–H groups in total. The van der Waals surface area contributed by atoms with Gasteiger partial charge in [-0.1, -0.05) is 24.1 Å². The highest BCUT2D eigenvalue weighted by Gasteiger charge is 2.12. The molecule has 0 saturated carbocycles. The summed E-state index contributed by atoms with van der Waals surface area (Å²) in [5, 5.41) is 8.69. The number of rotatable bonds is 15. The third-order valence-corrected chi connectivity index (χ3v) is 4.73. The molecule has 1 unspecified atom stereocenters. The summed E-state index contributed by atoms with van der Waals surface area (Å²) in [5.74, 6) is 0.427. The van der Waals surface area contributed by atoms with Crippen LogP contribution in [0.3, 0.4) is 0 Å². The minimum absolute atomic E-state index is 0.162. The van der Waals surface area contributed by atoms with Crippen LogP contribution in [-0.4, -0.2) is 43.0 Å². The van der Waals surface area contributed by atoms with Crippen molar-refractivity contribution in [3.8, 4) is 5.75 Å². The van der Waals surface area contributed by atoms with Gasteiger partial charge in [-0.15, -0.1) is 0 Å². The molecule has 0 heterocycles. The van der Waals surface area contributed by atoms with Crippen molar-refractivity contribution >= 4 is 11.9 Å². The number of hydrogen-bond donors (Lipinski definition) is 1. The smallest absolute Gasteiger partial charge is 0.306 e. The van der Waals surface area contributed by atoms with Crippen molar-refractivity contribution in [1.82, 2.24) is 0 Å². The fourth-order valence-corrected chi connectivity index (χ4v) is 3.28. The number of benzene rings is 1. The summed E-state index contributed by atoms with van der Waals surface area (Å²) in [6.07, 6.45) is 4.98. The molecule has 0 aliphatic heterocycles. The van der Waals surface area contributed by atoms with Gasteiger partial charge in [-0.3, -0.25) is 9.59 Å². The molecule has 6 heteroatoms. The van der Waals surface area contributed by atoms with Crippen molar-refractivity contribution in [1.29, 1.82) is 0 Å². The van der Waals surface area contributed by atoms with Gasteiger partial charge in [0.1, 0.15) is 18.5 Å². The van der Waals surface area contributed by atoms with Crippen LogP contribution in [0.2, 0.25) is 0 Å². The predicted octanol–water partition coefficient (Wildman–Crippen LogP) is 4.58. The minimum Gasteiger partial charge on any atom is -0.489 e. The lowest BCUT2D eigenvalue weighted by Gasteiger charge is -2.17. The summed E-state index contributed by atoms with van der Waals surface area (Å²) in [6, 6.07) is 4.15. The molecular weight excluding hydrogens is 384 g/mol. The summed E-state index contributed by atoms with van der Waals surface area (Å²) in [5.41, 5.74) is 3.36. The highest BCUT2D eigenvalue weighted by molar-refractivity contribution is 5.69. The maximum Gasteiger partial charge on any atom is 0.306 e. The zero-order valence-corrected chi connectivity index (χ0v) is 19.0. The molecule has 30 heavy (non-hydrogen) atoms. The van der Waals surface area contributed by atoms with E-state index in [1.165, 1.54) is 5.56 Å². The topological polar surface area (TPSA) is 82.1 Å². The Hall–Kier alpha value is -2.08. The quantitative estimate of drug-likeness (QED) is 0.329. The number of carbonyl (C=O) groups excluding carboxylic acids is 2. The molecule has 6 nitrogen and oxygen atoms in total. The van der Waals surface area contributed by atoms with Crippen molar-refractivity contribution in [2.75, 3.05) is 19.8 Å². The number of ether oxygens (including phenoxy) is 3. The maximum atomic E-state index is 12.0. The van der Waals surface area contributed by atoms with E-state index in [1.54, 1.807) is 0 Å². The molecule has 0 aliphatic rings. The van der Waals surface area contributed by atoms with E-state index in [0.717, 1.165) is 49.0 Å². The van der Waals surface area contributed by atoms with Crippen LogP contribution in [0.4, 0.5) is 0 Å². The average Bonchev–Trinajstić information content (AvgIpc) is 2.67. The van der Waals surface area contributed by atoms with Gasteiger partial charge < -0.3 is 19.3 Å². The van der Waals surface area contributed by atoms with Crippen molar-refractivity contribution in [3.63, 3.8) is 0 Å². The van der Waals surface area contributed by atoms with Gasteiger partial charge in [0.2, 0.25) is 0 Å². The van der Waals surface area contributed by atoms with Crippen LogP contribution >= 0.6 is 0 Å². The lowest BCUT2D eigenvalue weighted by molar-refractivity contribution is -0.150. The summed E-state index contributed by atoms with van der Waals surface area (Å²) in [7, 11) is 0. The van der Waals surface area contributed by atoms with Gasteiger partial charge in [-0.05, 0) is 70.9 Å². The lowest BCUT2D eigenvalue weighted by Crippen LogP contribution is -2.22. The second kappa shape index (κ2) is 14.8. The molecular formula is C24H38O6. The van der Waals surface area contributed by atoms with E-state index in [4.69, 9.17) is 19.3 Å². The average molecular weight is 423 g/mol. The normalized spacial score (nSPS) is 11.8. The second-order valence-corrected chi connectivity index (χ2v) is 7.90. The van der Waals surface area contributed by atoms with Gasteiger partial charge in [0.25, 0.3) is 0 Å². The molecule has 1 aromatic rings. The number of unbranched alkanes of at least 4 members (excludes halogenated alkanes) is 4. The first-order valence-corrected chi connectivity index (χ1v) is 11.0. The molecule has 1 rings (SSSR count). The Morgan fingerprint density at radius 3 is 2.13 bits per heavy atom. The highest BCUT2D eigenvalue weighted by atomic mass is 16.6. The van der Waals surface area contributed by atoms with Gasteiger partial charge >= 0.3 is 11.9 Å². The fraction of sp³-hybridized carbons (Fsp3) is 0.667. The molecule has 0 aliphatic carbocycles. The number of esters is 2. The molecule has 0 amide bonds. The van der Waals surface area contributed by atoms with Crippen LogP contribution in [-0.2, 0) is 19.1 Å². The van der Waals surface area contributed by atoms with Crippen molar-refractivity contribution in [2.45, 2.75) is 85.2 Å². The third kappa shape index (κ3) is 11.2. The lowest BCUT2D eigenvalue weighted by atomic mass is 10.1. The van der Waals surface area contributed by atoms with E-state index < -0.39 is 0 Å². The predicted molar refractivity (Wildman–Crippen MR) is 117 cm³/mol. The number of carbonyl (C=O) groups is 2. The van der Waals surface area contributed by atoms with Crippen LogP contribution in [0.25, 0.3) is 0 Å². The van der Waals surface area contributed by atoms with Crippen molar-refractivity contribution < 1.29 is 28.9 Å². The number of aliphatic hydroxyl groups excluding tert-OH is 1. The van der Waals surface area contributed by atoms with Crippen LogP contribution in [0.1, 0.15) is 75.0 Å². The van der Waals surface area contributed by atoms with Gasteiger partial charge in [0.15, 0.2) is 0 Å². The van der Waals surface area contributed by atoms with Crippen molar-refractivity contribution in [3.05, 3.63) is 28.8 Å².